The normalized spacial score (nSPS) is 9.80. The van der Waals surface area contributed by atoms with E-state index in [1.165, 1.54) is 32.4 Å². The third-order valence-electron chi connectivity index (χ3n) is 3.49. The molecule has 1 N–H and O–H groups in total. The average molecular weight is 341 g/mol. The van der Waals surface area contributed by atoms with Crippen molar-refractivity contribution in [1.82, 2.24) is 0 Å². The first-order chi connectivity index (χ1) is 12.0. The number of non-ortho nitro benzene ring substituents is 1. The molecule has 8 nitrogen and oxygen atoms in total. The van der Waals surface area contributed by atoms with Gasteiger partial charge in [0.05, 0.1) is 30.4 Å². The van der Waals surface area contributed by atoms with Gasteiger partial charge < -0.3 is 14.8 Å². The lowest BCUT2D eigenvalue weighted by Crippen LogP contribution is -2.07. The van der Waals surface area contributed by atoms with Crippen LogP contribution >= 0.6 is 0 Å². The number of esters is 1. The Hall–Kier alpha value is -3.60. The minimum absolute atomic E-state index is 0.153. The largest absolute Gasteiger partial charge is 0.496 e. The zero-order chi connectivity index (χ0) is 18.4. The van der Waals surface area contributed by atoms with E-state index < -0.39 is 10.9 Å². The minimum atomic E-state index is -0.559. The molecule has 0 atom stereocenters. The van der Waals surface area contributed by atoms with E-state index in [9.17, 15) is 14.9 Å². The van der Waals surface area contributed by atoms with E-state index >= 15 is 0 Å². The maximum Gasteiger partial charge on any atom is 0.341 e. The summed E-state index contributed by atoms with van der Waals surface area (Å²) in [7, 11) is 2.73. The molecule has 0 fully saturated rings. The Morgan fingerprint density at radius 1 is 1.28 bits per heavy atom. The minimum Gasteiger partial charge on any atom is -0.496 e. The average Bonchev–Trinajstić information content (AvgIpc) is 2.65. The molecule has 0 spiro atoms. The molecule has 0 unspecified atom stereocenters. The smallest absolute Gasteiger partial charge is 0.341 e. The van der Waals surface area contributed by atoms with Gasteiger partial charge in [-0.15, -0.1) is 0 Å². The number of carbonyl (C=O) groups excluding carboxylic acids is 1. The number of nitrogens with zero attached hydrogens (tertiary/aromatic N) is 2. The molecule has 0 radical (unpaired) electrons. The fraction of sp³-hybridized carbons (Fsp3) is 0.176. The predicted octanol–water partition coefficient (Wildman–Crippen LogP) is 2.87. The molecule has 128 valence electrons. The van der Waals surface area contributed by atoms with Gasteiger partial charge in [-0.2, -0.15) is 5.26 Å². The fourth-order valence-corrected chi connectivity index (χ4v) is 2.22. The van der Waals surface area contributed by atoms with Crippen molar-refractivity contribution < 1.29 is 19.2 Å². The highest BCUT2D eigenvalue weighted by atomic mass is 16.6. The van der Waals surface area contributed by atoms with Gasteiger partial charge in [-0.05, 0) is 23.8 Å². The van der Waals surface area contributed by atoms with Crippen LogP contribution in [0.15, 0.2) is 36.4 Å². The molecular weight excluding hydrogens is 326 g/mol. The molecule has 0 aromatic heterocycles. The highest BCUT2D eigenvalue weighted by molar-refractivity contribution is 5.92. The number of anilines is 1. The Labute approximate surface area is 143 Å². The van der Waals surface area contributed by atoms with Gasteiger partial charge in [0, 0.05) is 18.7 Å². The Morgan fingerprint density at radius 2 is 2.04 bits per heavy atom. The summed E-state index contributed by atoms with van der Waals surface area (Å²) in [5.41, 5.74) is 1.51. The number of rotatable bonds is 6. The number of methoxy groups -OCH3 is 2. The SMILES string of the molecule is COC(=O)c1cc(CNc2ccc([N+](=O)[O-])cc2C#N)ccc1OC. The molecular formula is C17H15N3O5. The third kappa shape index (κ3) is 4.03. The van der Waals surface area contributed by atoms with Gasteiger partial charge in [-0.1, -0.05) is 6.07 Å². The molecule has 0 bridgehead atoms. The van der Waals surface area contributed by atoms with Crippen LogP contribution in [0.4, 0.5) is 11.4 Å². The van der Waals surface area contributed by atoms with Crippen molar-refractivity contribution in [3.05, 3.63) is 63.2 Å². The first-order valence-electron chi connectivity index (χ1n) is 7.17. The van der Waals surface area contributed by atoms with Crippen molar-refractivity contribution in [2.45, 2.75) is 6.54 Å². The maximum absolute atomic E-state index is 11.8. The van der Waals surface area contributed by atoms with E-state index in [4.69, 9.17) is 14.7 Å². The van der Waals surface area contributed by atoms with Crippen molar-refractivity contribution in [3.63, 3.8) is 0 Å². The van der Waals surface area contributed by atoms with Crippen LogP contribution < -0.4 is 10.1 Å². The van der Waals surface area contributed by atoms with Crippen molar-refractivity contribution in [3.8, 4) is 11.8 Å². The number of carbonyl (C=O) groups is 1. The summed E-state index contributed by atoms with van der Waals surface area (Å²) < 4.78 is 9.85. The van der Waals surface area contributed by atoms with Gasteiger partial charge in [0.25, 0.3) is 5.69 Å². The molecule has 0 heterocycles. The standard InChI is InChI=1S/C17H15N3O5/c1-24-16-6-3-11(7-14(16)17(21)25-2)10-19-15-5-4-13(20(22)23)8-12(15)9-18/h3-8,19H,10H2,1-2H3. The molecule has 2 aromatic rings. The van der Waals surface area contributed by atoms with Crippen LogP contribution in [0.3, 0.4) is 0 Å². The number of hydrogen-bond donors (Lipinski definition) is 1. The summed E-state index contributed by atoms with van der Waals surface area (Å²) in [6, 6.07) is 10.9. The van der Waals surface area contributed by atoms with Crippen LogP contribution in [0.2, 0.25) is 0 Å². The molecule has 2 rings (SSSR count). The summed E-state index contributed by atoms with van der Waals surface area (Å²) in [6.07, 6.45) is 0. The van der Waals surface area contributed by atoms with Crippen LogP contribution in [0.5, 0.6) is 5.75 Å². The topological polar surface area (TPSA) is 114 Å². The Bertz CT molecular complexity index is 858. The van der Waals surface area contributed by atoms with Crippen molar-refractivity contribution >= 4 is 17.3 Å². The van der Waals surface area contributed by atoms with Crippen molar-refractivity contribution in [1.29, 1.82) is 5.26 Å². The summed E-state index contributed by atoms with van der Waals surface area (Å²) in [5.74, 6) is -0.129. The van der Waals surface area contributed by atoms with E-state index in [2.05, 4.69) is 5.32 Å². The molecule has 8 heteroatoms. The van der Waals surface area contributed by atoms with Crippen LogP contribution in [0.1, 0.15) is 21.5 Å². The number of ether oxygens (including phenoxy) is 2. The van der Waals surface area contributed by atoms with Gasteiger partial charge in [0.15, 0.2) is 0 Å². The van der Waals surface area contributed by atoms with Gasteiger partial charge in [-0.3, -0.25) is 10.1 Å². The number of hydrogen-bond acceptors (Lipinski definition) is 7. The number of nitro groups is 1. The molecule has 0 aliphatic heterocycles. The highest BCUT2D eigenvalue weighted by Crippen LogP contribution is 2.24. The van der Waals surface area contributed by atoms with Gasteiger partial charge >= 0.3 is 5.97 Å². The highest BCUT2D eigenvalue weighted by Gasteiger charge is 2.14. The van der Waals surface area contributed by atoms with E-state index in [0.29, 0.717) is 18.0 Å². The first-order valence-corrected chi connectivity index (χ1v) is 7.17. The van der Waals surface area contributed by atoms with E-state index in [1.54, 1.807) is 18.2 Å². The summed E-state index contributed by atoms with van der Waals surface area (Å²) in [4.78, 5) is 22.0. The van der Waals surface area contributed by atoms with Crippen LogP contribution in [-0.2, 0) is 11.3 Å². The Kier molecular flexibility index (Phi) is 5.53. The van der Waals surface area contributed by atoms with Crippen molar-refractivity contribution in [2.24, 2.45) is 0 Å². The monoisotopic (exact) mass is 341 g/mol. The molecule has 0 aliphatic rings. The van der Waals surface area contributed by atoms with E-state index in [1.807, 2.05) is 6.07 Å². The lowest BCUT2D eigenvalue weighted by molar-refractivity contribution is -0.384. The summed E-state index contributed by atoms with van der Waals surface area (Å²) in [6.45, 7) is 0.306. The van der Waals surface area contributed by atoms with Gasteiger partial charge in [0.2, 0.25) is 0 Å². The molecule has 0 saturated carbocycles. The quantitative estimate of drug-likeness (QED) is 0.488. The van der Waals surface area contributed by atoms with Crippen LogP contribution in [-0.4, -0.2) is 25.1 Å². The Morgan fingerprint density at radius 3 is 2.64 bits per heavy atom. The molecule has 0 saturated heterocycles. The summed E-state index contributed by atoms with van der Waals surface area (Å²) >= 11 is 0. The maximum atomic E-state index is 11.8. The predicted molar refractivity (Wildman–Crippen MR) is 89.5 cm³/mol. The second kappa shape index (κ2) is 7.79. The third-order valence-corrected chi connectivity index (χ3v) is 3.49. The second-order valence-corrected chi connectivity index (χ2v) is 4.98. The zero-order valence-corrected chi connectivity index (χ0v) is 13.6. The van der Waals surface area contributed by atoms with E-state index in [-0.39, 0.29) is 16.8 Å². The fourth-order valence-electron chi connectivity index (χ4n) is 2.22. The van der Waals surface area contributed by atoms with E-state index in [0.717, 1.165) is 5.56 Å². The first kappa shape index (κ1) is 17.7. The van der Waals surface area contributed by atoms with Crippen LogP contribution in [0.25, 0.3) is 0 Å². The molecule has 0 amide bonds. The van der Waals surface area contributed by atoms with Crippen LogP contribution in [0, 0.1) is 21.4 Å². The number of nitriles is 1. The van der Waals surface area contributed by atoms with Gasteiger partial charge in [-0.25, -0.2) is 4.79 Å². The van der Waals surface area contributed by atoms with Gasteiger partial charge in [0.1, 0.15) is 17.4 Å². The summed E-state index contributed by atoms with van der Waals surface area (Å²) in [5, 5.41) is 22.9. The molecule has 25 heavy (non-hydrogen) atoms. The second-order valence-electron chi connectivity index (χ2n) is 4.98. The number of nitro benzene ring substituents is 1. The van der Waals surface area contributed by atoms with Crippen molar-refractivity contribution in [2.75, 3.05) is 19.5 Å². The number of benzene rings is 2. The molecule has 0 aliphatic carbocycles. The molecule has 2 aromatic carbocycles. The lowest BCUT2D eigenvalue weighted by atomic mass is 10.1. The lowest BCUT2D eigenvalue weighted by Gasteiger charge is -2.11. The number of nitrogens with one attached hydrogen (secondary N) is 1. The zero-order valence-electron chi connectivity index (χ0n) is 13.6. The Balaban J connectivity index is 2.23.